The summed E-state index contributed by atoms with van der Waals surface area (Å²) in [5.74, 6) is 1.12. The van der Waals surface area contributed by atoms with Gasteiger partial charge in [0.05, 0.1) is 0 Å². The number of carbonyl (C=O) groups excluding carboxylic acids is 1. The SMILES string of the molecule is O=C(NCC1CCCS1)C(Cl)c1ccccc1. The molecule has 1 heterocycles. The Morgan fingerprint density at radius 1 is 1.47 bits per heavy atom. The molecule has 2 unspecified atom stereocenters. The maximum Gasteiger partial charge on any atom is 0.242 e. The number of thioether (sulfide) groups is 1. The average Bonchev–Trinajstić information content (AvgIpc) is 2.89. The summed E-state index contributed by atoms with van der Waals surface area (Å²) in [4.78, 5) is 11.8. The van der Waals surface area contributed by atoms with E-state index in [0.29, 0.717) is 5.25 Å². The summed E-state index contributed by atoms with van der Waals surface area (Å²) in [6, 6.07) is 9.46. The van der Waals surface area contributed by atoms with E-state index < -0.39 is 5.38 Å². The number of hydrogen-bond acceptors (Lipinski definition) is 2. The van der Waals surface area contributed by atoms with Crippen LogP contribution in [-0.4, -0.2) is 23.5 Å². The van der Waals surface area contributed by atoms with Crippen molar-refractivity contribution in [2.24, 2.45) is 0 Å². The maximum absolute atomic E-state index is 11.8. The molecule has 0 spiro atoms. The van der Waals surface area contributed by atoms with Crippen LogP contribution in [0.4, 0.5) is 0 Å². The lowest BCUT2D eigenvalue weighted by Crippen LogP contribution is -2.32. The van der Waals surface area contributed by atoms with Crippen molar-refractivity contribution in [1.29, 1.82) is 0 Å². The van der Waals surface area contributed by atoms with Gasteiger partial charge in [0.15, 0.2) is 0 Å². The van der Waals surface area contributed by atoms with Crippen LogP contribution in [0.1, 0.15) is 23.8 Å². The Kier molecular flexibility index (Phi) is 4.75. The van der Waals surface area contributed by atoms with E-state index in [9.17, 15) is 4.79 Å². The Bertz CT molecular complexity index is 365. The number of nitrogens with one attached hydrogen (secondary N) is 1. The smallest absolute Gasteiger partial charge is 0.242 e. The Morgan fingerprint density at radius 3 is 2.88 bits per heavy atom. The van der Waals surface area contributed by atoms with Crippen LogP contribution in [0.25, 0.3) is 0 Å². The Hall–Kier alpha value is -0.670. The van der Waals surface area contributed by atoms with Crippen molar-refractivity contribution < 1.29 is 4.79 Å². The van der Waals surface area contributed by atoms with Gasteiger partial charge in [0.25, 0.3) is 0 Å². The highest BCUT2D eigenvalue weighted by Gasteiger charge is 2.20. The Balaban J connectivity index is 1.83. The molecule has 17 heavy (non-hydrogen) atoms. The molecule has 1 aliphatic rings. The minimum atomic E-state index is -0.581. The van der Waals surface area contributed by atoms with Crippen molar-refractivity contribution in [2.75, 3.05) is 12.3 Å². The van der Waals surface area contributed by atoms with E-state index in [1.807, 2.05) is 42.1 Å². The van der Waals surface area contributed by atoms with Crippen LogP contribution in [0.2, 0.25) is 0 Å². The number of halogens is 1. The van der Waals surface area contributed by atoms with Crippen LogP contribution < -0.4 is 5.32 Å². The third kappa shape index (κ3) is 3.65. The van der Waals surface area contributed by atoms with Gasteiger partial charge >= 0.3 is 0 Å². The molecule has 1 amide bonds. The van der Waals surface area contributed by atoms with E-state index in [1.165, 1.54) is 18.6 Å². The molecular weight excluding hydrogens is 254 g/mol. The molecular formula is C13H16ClNOS. The normalized spacial score (nSPS) is 21.1. The second-order valence-corrected chi connectivity index (χ2v) is 6.00. The van der Waals surface area contributed by atoms with Crippen molar-refractivity contribution in [2.45, 2.75) is 23.5 Å². The highest BCUT2D eigenvalue weighted by Crippen LogP contribution is 2.26. The Morgan fingerprint density at radius 2 is 2.24 bits per heavy atom. The molecule has 0 radical (unpaired) electrons. The zero-order valence-electron chi connectivity index (χ0n) is 9.56. The highest BCUT2D eigenvalue weighted by atomic mass is 35.5. The predicted octanol–water partition coefficient (Wildman–Crippen LogP) is 2.98. The lowest BCUT2D eigenvalue weighted by atomic mass is 10.1. The van der Waals surface area contributed by atoms with E-state index in [4.69, 9.17) is 11.6 Å². The van der Waals surface area contributed by atoms with E-state index in [1.54, 1.807) is 0 Å². The van der Waals surface area contributed by atoms with Crippen molar-refractivity contribution in [3.8, 4) is 0 Å². The molecule has 1 aliphatic heterocycles. The van der Waals surface area contributed by atoms with Gasteiger partial charge in [-0.25, -0.2) is 0 Å². The zero-order valence-corrected chi connectivity index (χ0v) is 11.1. The molecule has 2 rings (SSSR count). The molecule has 2 nitrogen and oxygen atoms in total. The lowest BCUT2D eigenvalue weighted by molar-refractivity contribution is -0.120. The van der Waals surface area contributed by atoms with Gasteiger partial charge in [-0.15, -0.1) is 11.6 Å². The molecule has 1 fully saturated rings. The number of hydrogen-bond donors (Lipinski definition) is 1. The minimum Gasteiger partial charge on any atom is -0.353 e. The van der Waals surface area contributed by atoms with Crippen LogP contribution in [0.15, 0.2) is 30.3 Å². The van der Waals surface area contributed by atoms with Crippen LogP contribution in [0, 0.1) is 0 Å². The first kappa shape index (κ1) is 12.8. The standard InChI is InChI=1S/C13H16ClNOS/c14-12(10-5-2-1-3-6-10)13(16)15-9-11-7-4-8-17-11/h1-3,5-6,11-12H,4,7-9H2,(H,15,16). The molecule has 2 atom stereocenters. The van der Waals surface area contributed by atoms with E-state index in [2.05, 4.69) is 5.32 Å². The van der Waals surface area contributed by atoms with Crippen molar-refractivity contribution >= 4 is 29.3 Å². The molecule has 0 aliphatic carbocycles. The largest absolute Gasteiger partial charge is 0.353 e. The Labute approximate surface area is 111 Å². The fraction of sp³-hybridized carbons (Fsp3) is 0.462. The quantitative estimate of drug-likeness (QED) is 0.852. The van der Waals surface area contributed by atoms with Crippen LogP contribution in [0.3, 0.4) is 0 Å². The van der Waals surface area contributed by atoms with Crippen molar-refractivity contribution in [1.82, 2.24) is 5.32 Å². The topological polar surface area (TPSA) is 29.1 Å². The molecule has 1 N–H and O–H groups in total. The molecule has 92 valence electrons. The lowest BCUT2D eigenvalue weighted by Gasteiger charge is -2.13. The summed E-state index contributed by atoms with van der Waals surface area (Å²) in [5, 5.41) is 2.92. The van der Waals surface area contributed by atoms with Gasteiger partial charge in [-0.2, -0.15) is 11.8 Å². The molecule has 0 aromatic heterocycles. The summed E-state index contributed by atoms with van der Waals surface area (Å²) in [6.45, 7) is 0.736. The summed E-state index contributed by atoms with van der Waals surface area (Å²) in [5.41, 5.74) is 0.853. The van der Waals surface area contributed by atoms with E-state index in [0.717, 1.165) is 12.1 Å². The number of benzene rings is 1. The predicted molar refractivity (Wildman–Crippen MR) is 73.5 cm³/mol. The first-order chi connectivity index (χ1) is 8.27. The van der Waals surface area contributed by atoms with Crippen LogP contribution in [-0.2, 0) is 4.79 Å². The van der Waals surface area contributed by atoms with Gasteiger partial charge in [0.2, 0.25) is 5.91 Å². The van der Waals surface area contributed by atoms with E-state index >= 15 is 0 Å². The summed E-state index contributed by atoms with van der Waals surface area (Å²) >= 11 is 8.06. The number of carbonyl (C=O) groups is 1. The number of alkyl halides is 1. The molecule has 0 saturated carbocycles. The minimum absolute atomic E-state index is 0.0923. The summed E-state index contributed by atoms with van der Waals surface area (Å²) in [7, 11) is 0. The van der Waals surface area contributed by atoms with Crippen molar-refractivity contribution in [3.05, 3.63) is 35.9 Å². The van der Waals surface area contributed by atoms with Gasteiger partial charge in [-0.1, -0.05) is 30.3 Å². The monoisotopic (exact) mass is 269 g/mol. The maximum atomic E-state index is 11.8. The van der Waals surface area contributed by atoms with Gasteiger partial charge in [0.1, 0.15) is 5.38 Å². The zero-order chi connectivity index (χ0) is 12.1. The fourth-order valence-corrected chi connectivity index (χ4v) is 3.31. The molecule has 1 aromatic rings. The third-order valence-corrected chi connectivity index (χ3v) is 4.70. The highest BCUT2D eigenvalue weighted by molar-refractivity contribution is 8.00. The van der Waals surface area contributed by atoms with Gasteiger partial charge in [0, 0.05) is 11.8 Å². The number of rotatable bonds is 4. The second-order valence-electron chi connectivity index (χ2n) is 4.15. The number of amides is 1. The first-order valence-corrected chi connectivity index (χ1v) is 7.34. The molecule has 0 bridgehead atoms. The van der Waals surface area contributed by atoms with Gasteiger partial charge in [-0.05, 0) is 24.2 Å². The van der Waals surface area contributed by atoms with Crippen LogP contribution in [0.5, 0.6) is 0 Å². The van der Waals surface area contributed by atoms with E-state index in [-0.39, 0.29) is 5.91 Å². The summed E-state index contributed by atoms with van der Waals surface area (Å²) in [6.07, 6.45) is 2.46. The second kappa shape index (κ2) is 6.31. The summed E-state index contributed by atoms with van der Waals surface area (Å²) < 4.78 is 0. The van der Waals surface area contributed by atoms with Gasteiger partial charge in [-0.3, -0.25) is 4.79 Å². The van der Waals surface area contributed by atoms with Crippen LogP contribution >= 0.6 is 23.4 Å². The van der Waals surface area contributed by atoms with Crippen molar-refractivity contribution in [3.63, 3.8) is 0 Å². The molecule has 1 saturated heterocycles. The first-order valence-electron chi connectivity index (χ1n) is 5.85. The third-order valence-electron chi connectivity index (χ3n) is 2.85. The average molecular weight is 270 g/mol. The molecule has 4 heteroatoms. The molecule has 1 aromatic carbocycles. The van der Waals surface area contributed by atoms with Gasteiger partial charge < -0.3 is 5.32 Å². The fourth-order valence-electron chi connectivity index (χ4n) is 1.88.